The van der Waals surface area contributed by atoms with Crippen LogP contribution in [0.3, 0.4) is 0 Å². The summed E-state index contributed by atoms with van der Waals surface area (Å²) in [5.74, 6) is -0.0506. The second-order valence-electron chi connectivity index (χ2n) is 6.64. The quantitative estimate of drug-likeness (QED) is 0.295. The number of halogens is 1. The van der Waals surface area contributed by atoms with Gasteiger partial charge in [-0.3, -0.25) is 4.79 Å². The summed E-state index contributed by atoms with van der Waals surface area (Å²) >= 11 is 3.70. The zero-order chi connectivity index (χ0) is 20.2. The molecule has 1 aromatic carbocycles. The van der Waals surface area contributed by atoms with Crippen molar-refractivity contribution in [2.24, 2.45) is 0 Å². The van der Waals surface area contributed by atoms with Gasteiger partial charge >= 0.3 is 0 Å². The zero-order valence-electron chi connectivity index (χ0n) is 15.5. The van der Waals surface area contributed by atoms with Crippen molar-refractivity contribution in [3.8, 4) is 28.6 Å². The molecule has 5 nitrogen and oxygen atoms in total. The van der Waals surface area contributed by atoms with Crippen molar-refractivity contribution in [1.82, 2.24) is 15.0 Å². The van der Waals surface area contributed by atoms with Gasteiger partial charge in [-0.25, -0.2) is 9.97 Å². The fourth-order valence-corrected chi connectivity index (χ4v) is 3.82. The van der Waals surface area contributed by atoms with Crippen molar-refractivity contribution in [2.45, 2.75) is 19.3 Å². The lowest BCUT2D eigenvalue weighted by atomic mass is 10.1. The maximum absolute atomic E-state index is 12.3. The van der Waals surface area contributed by atoms with E-state index >= 15 is 0 Å². The summed E-state index contributed by atoms with van der Waals surface area (Å²) in [5.41, 5.74) is 4.77. The number of unbranched alkanes of at least 4 members (excludes halogenated alkanes) is 1. The molecule has 6 heteroatoms. The first kappa shape index (κ1) is 19.0. The molecule has 0 fully saturated rings. The number of ketones is 1. The van der Waals surface area contributed by atoms with Crippen molar-refractivity contribution < 1.29 is 4.79 Å². The Labute approximate surface area is 176 Å². The molecule has 1 N–H and O–H groups in total. The first-order valence-corrected chi connectivity index (χ1v) is 10.1. The van der Waals surface area contributed by atoms with E-state index in [9.17, 15) is 4.79 Å². The molecule has 0 bridgehead atoms. The highest BCUT2D eigenvalue weighted by Gasteiger charge is 2.14. The monoisotopic (exact) mass is 444 g/mol. The molecule has 4 rings (SSSR count). The summed E-state index contributed by atoms with van der Waals surface area (Å²) in [7, 11) is 0. The highest BCUT2D eigenvalue weighted by molar-refractivity contribution is 9.10. The maximum Gasteiger partial charge on any atom is 0.181 e. The molecule has 4 aromatic rings. The van der Waals surface area contributed by atoms with E-state index in [1.165, 1.54) is 0 Å². The number of aromatic amines is 1. The van der Waals surface area contributed by atoms with Gasteiger partial charge in [-0.05, 0) is 46.1 Å². The third-order valence-corrected chi connectivity index (χ3v) is 5.50. The molecule has 0 aliphatic rings. The Hall–Kier alpha value is -3.30. The average Bonchev–Trinajstić information content (AvgIpc) is 3.10. The first-order chi connectivity index (χ1) is 14.2. The number of hydrogen-bond donors (Lipinski definition) is 1. The number of nitrogens with one attached hydrogen (secondary N) is 1. The molecule has 3 heterocycles. The van der Waals surface area contributed by atoms with E-state index in [0.29, 0.717) is 30.7 Å². The molecule has 0 aliphatic carbocycles. The van der Waals surface area contributed by atoms with Crippen LogP contribution in [0.25, 0.3) is 33.5 Å². The summed E-state index contributed by atoms with van der Waals surface area (Å²) in [5, 5.41) is 9.59. The Bertz CT molecular complexity index is 1220. The van der Waals surface area contributed by atoms with Gasteiger partial charge < -0.3 is 4.98 Å². The van der Waals surface area contributed by atoms with Crippen molar-refractivity contribution in [3.63, 3.8) is 0 Å². The Morgan fingerprint density at radius 2 is 1.93 bits per heavy atom. The van der Waals surface area contributed by atoms with Gasteiger partial charge in [0.05, 0.1) is 21.9 Å². The van der Waals surface area contributed by atoms with E-state index in [4.69, 9.17) is 5.26 Å². The number of hydrogen-bond acceptors (Lipinski definition) is 4. The molecular formula is C23H17BrN4O. The molecule has 0 amide bonds. The van der Waals surface area contributed by atoms with Gasteiger partial charge in [0.1, 0.15) is 11.3 Å². The number of Topliss-reactive ketones (excluding diaryl/α,β-unsaturated/α-hetero) is 1. The number of nitriles is 1. The average molecular weight is 445 g/mol. The van der Waals surface area contributed by atoms with Gasteiger partial charge in [-0.1, -0.05) is 36.4 Å². The Morgan fingerprint density at radius 1 is 1.10 bits per heavy atom. The number of benzene rings is 1. The molecule has 3 aromatic heterocycles. The highest BCUT2D eigenvalue weighted by Crippen LogP contribution is 2.35. The summed E-state index contributed by atoms with van der Waals surface area (Å²) in [4.78, 5) is 24.8. The number of H-pyrrole nitrogens is 1. The molecule has 0 radical (unpaired) electrons. The standard InChI is InChI=1S/C23H17BrN4O/c24-21-17-13-16(14-26-23(17)28-22(21)15-7-2-1-3-8-15)18-9-6-10-19(27-18)20(29)11-4-5-12-25/h1-3,6-10,13-14H,4-5,11H2,(H,26,28). The number of pyridine rings is 2. The fourth-order valence-electron chi connectivity index (χ4n) is 3.19. The maximum atomic E-state index is 12.3. The number of nitrogens with zero attached hydrogens (tertiary/aromatic N) is 3. The van der Waals surface area contributed by atoms with Crippen LogP contribution in [-0.4, -0.2) is 20.7 Å². The minimum Gasteiger partial charge on any atom is -0.338 e. The normalized spacial score (nSPS) is 10.8. The van der Waals surface area contributed by atoms with E-state index in [0.717, 1.165) is 32.3 Å². The van der Waals surface area contributed by atoms with Crippen LogP contribution < -0.4 is 0 Å². The van der Waals surface area contributed by atoms with Gasteiger partial charge in [-0.2, -0.15) is 5.26 Å². The topological polar surface area (TPSA) is 82.4 Å². The summed E-state index contributed by atoms with van der Waals surface area (Å²) in [6.07, 6.45) is 3.00. The van der Waals surface area contributed by atoms with E-state index in [2.05, 4.69) is 37.0 Å². The molecule has 0 saturated heterocycles. The highest BCUT2D eigenvalue weighted by atomic mass is 79.9. The minimum atomic E-state index is -0.0506. The summed E-state index contributed by atoms with van der Waals surface area (Å²) in [6, 6.07) is 19.5. The molecule has 0 aliphatic heterocycles. The SMILES string of the molecule is N#CCCCC(=O)c1cccc(-c2cnc3[nH]c(-c4ccccc4)c(Br)c3c2)n1. The lowest BCUT2D eigenvalue weighted by Gasteiger charge is -2.04. The van der Waals surface area contributed by atoms with Crippen LogP contribution in [0.1, 0.15) is 29.8 Å². The largest absolute Gasteiger partial charge is 0.338 e. The second kappa shape index (κ2) is 8.38. The van der Waals surface area contributed by atoms with Gasteiger partial charge in [0.2, 0.25) is 0 Å². The van der Waals surface area contributed by atoms with Crippen molar-refractivity contribution in [3.05, 3.63) is 71.0 Å². The smallest absolute Gasteiger partial charge is 0.181 e. The van der Waals surface area contributed by atoms with Gasteiger partial charge in [0.15, 0.2) is 5.78 Å². The Morgan fingerprint density at radius 3 is 2.72 bits per heavy atom. The molecular weight excluding hydrogens is 428 g/mol. The third kappa shape index (κ3) is 3.96. The predicted octanol–water partition coefficient (Wildman–Crippen LogP) is 5.93. The van der Waals surface area contributed by atoms with Crippen LogP contribution in [0.15, 0.2) is 65.3 Å². The number of aromatic nitrogens is 3. The van der Waals surface area contributed by atoms with Crippen LogP contribution in [0.5, 0.6) is 0 Å². The first-order valence-electron chi connectivity index (χ1n) is 9.27. The van der Waals surface area contributed by atoms with Crippen molar-refractivity contribution >= 4 is 32.7 Å². The fraction of sp³-hybridized carbons (Fsp3) is 0.130. The van der Waals surface area contributed by atoms with Crippen LogP contribution in [0, 0.1) is 11.3 Å². The van der Waals surface area contributed by atoms with Gasteiger partial charge in [0, 0.05) is 30.0 Å². The lowest BCUT2D eigenvalue weighted by molar-refractivity contribution is 0.0976. The van der Waals surface area contributed by atoms with E-state index in [-0.39, 0.29) is 5.78 Å². The molecule has 0 unspecified atom stereocenters. The number of fused-ring (bicyclic) bond motifs is 1. The second-order valence-corrected chi connectivity index (χ2v) is 7.44. The van der Waals surface area contributed by atoms with E-state index in [1.807, 2.05) is 48.5 Å². The van der Waals surface area contributed by atoms with Crippen molar-refractivity contribution in [2.75, 3.05) is 0 Å². The zero-order valence-corrected chi connectivity index (χ0v) is 17.1. The van der Waals surface area contributed by atoms with Gasteiger partial charge in [-0.15, -0.1) is 0 Å². The molecule has 142 valence electrons. The predicted molar refractivity (Wildman–Crippen MR) is 116 cm³/mol. The Kier molecular flexibility index (Phi) is 5.50. The minimum absolute atomic E-state index is 0.0506. The lowest BCUT2D eigenvalue weighted by Crippen LogP contribution is -2.02. The van der Waals surface area contributed by atoms with Crippen LogP contribution in [0.4, 0.5) is 0 Å². The van der Waals surface area contributed by atoms with Crippen molar-refractivity contribution in [1.29, 1.82) is 5.26 Å². The number of carbonyl (C=O) groups excluding carboxylic acids is 1. The van der Waals surface area contributed by atoms with Crippen LogP contribution in [0.2, 0.25) is 0 Å². The molecule has 0 spiro atoms. The molecule has 0 saturated carbocycles. The number of carbonyl (C=O) groups is 1. The summed E-state index contributed by atoms with van der Waals surface area (Å²) < 4.78 is 0.941. The van der Waals surface area contributed by atoms with Gasteiger partial charge in [0.25, 0.3) is 0 Å². The Balaban J connectivity index is 1.68. The van der Waals surface area contributed by atoms with Crippen LogP contribution in [-0.2, 0) is 0 Å². The molecule has 0 atom stereocenters. The number of rotatable bonds is 6. The van der Waals surface area contributed by atoms with E-state index in [1.54, 1.807) is 12.3 Å². The van der Waals surface area contributed by atoms with Crippen LogP contribution >= 0.6 is 15.9 Å². The summed E-state index contributed by atoms with van der Waals surface area (Å²) in [6.45, 7) is 0. The molecule has 29 heavy (non-hydrogen) atoms. The third-order valence-electron chi connectivity index (χ3n) is 4.67. The van der Waals surface area contributed by atoms with E-state index < -0.39 is 0 Å².